The summed E-state index contributed by atoms with van der Waals surface area (Å²) in [6.07, 6.45) is 1.70. The van der Waals surface area contributed by atoms with E-state index >= 15 is 0 Å². The molecule has 0 saturated heterocycles. The van der Waals surface area contributed by atoms with Crippen molar-refractivity contribution < 1.29 is 13.2 Å². The molecule has 15 heavy (non-hydrogen) atoms. The highest BCUT2D eigenvalue weighted by atomic mass is 32.2. The first kappa shape index (κ1) is 14.4. The Kier molecular flexibility index (Phi) is 5.82. The van der Waals surface area contributed by atoms with Crippen LogP contribution in [0.1, 0.15) is 27.2 Å². The molecule has 5 nitrogen and oxygen atoms in total. The minimum Gasteiger partial charge on any atom is -0.353 e. The number of carbonyl (C=O) groups is 1. The van der Waals surface area contributed by atoms with Gasteiger partial charge in [0.05, 0.1) is 6.26 Å². The zero-order valence-corrected chi connectivity index (χ0v) is 10.5. The van der Waals surface area contributed by atoms with Crippen molar-refractivity contribution in [3.63, 3.8) is 0 Å². The predicted molar refractivity (Wildman–Crippen MR) is 59.9 cm³/mol. The van der Waals surface area contributed by atoms with Crippen LogP contribution in [-0.4, -0.2) is 33.2 Å². The number of amides is 1. The van der Waals surface area contributed by atoms with Crippen molar-refractivity contribution in [3.05, 3.63) is 0 Å². The van der Waals surface area contributed by atoms with Crippen LogP contribution < -0.4 is 10.0 Å². The van der Waals surface area contributed by atoms with E-state index in [4.69, 9.17) is 0 Å². The van der Waals surface area contributed by atoms with Crippen LogP contribution in [0.2, 0.25) is 0 Å². The Hall–Kier alpha value is -0.620. The molecule has 0 spiro atoms. The Labute approximate surface area is 91.7 Å². The number of hydrogen-bond donors (Lipinski definition) is 2. The van der Waals surface area contributed by atoms with E-state index < -0.39 is 10.0 Å². The molecule has 0 aliphatic heterocycles. The fourth-order valence-corrected chi connectivity index (χ4v) is 1.43. The Bertz CT molecular complexity index is 298. The molecule has 0 rings (SSSR count). The van der Waals surface area contributed by atoms with Gasteiger partial charge in [-0.3, -0.25) is 4.79 Å². The van der Waals surface area contributed by atoms with Crippen LogP contribution in [0.15, 0.2) is 0 Å². The van der Waals surface area contributed by atoms with Crippen LogP contribution >= 0.6 is 0 Å². The van der Waals surface area contributed by atoms with Gasteiger partial charge in [0.15, 0.2) is 0 Å². The minimum absolute atomic E-state index is 0.0122. The number of rotatable bonds is 6. The molecule has 0 unspecified atom stereocenters. The van der Waals surface area contributed by atoms with Crippen LogP contribution in [0.3, 0.4) is 0 Å². The van der Waals surface area contributed by atoms with E-state index in [9.17, 15) is 13.2 Å². The standard InChI is InChI=1S/C9H20N2O3S/c1-7(2)9(12)11-8(3)5-6-10-15(4,13)14/h7-8,10H,5-6H2,1-4H3,(H,11,12)/t8-/m1/s1. The van der Waals surface area contributed by atoms with Gasteiger partial charge < -0.3 is 5.32 Å². The lowest BCUT2D eigenvalue weighted by Crippen LogP contribution is -2.37. The normalized spacial score (nSPS) is 13.9. The second-order valence-corrected chi connectivity index (χ2v) is 5.85. The summed E-state index contributed by atoms with van der Waals surface area (Å²) in [5.41, 5.74) is 0. The summed E-state index contributed by atoms with van der Waals surface area (Å²) < 4.78 is 23.9. The summed E-state index contributed by atoms with van der Waals surface area (Å²) in [5, 5.41) is 2.79. The molecule has 0 saturated carbocycles. The molecule has 2 N–H and O–H groups in total. The van der Waals surface area contributed by atoms with Crippen molar-refractivity contribution >= 4 is 15.9 Å². The van der Waals surface area contributed by atoms with Gasteiger partial charge in [0.25, 0.3) is 0 Å². The lowest BCUT2D eigenvalue weighted by molar-refractivity contribution is -0.124. The summed E-state index contributed by atoms with van der Waals surface area (Å²) in [4.78, 5) is 11.3. The van der Waals surface area contributed by atoms with Gasteiger partial charge in [-0.25, -0.2) is 13.1 Å². The van der Waals surface area contributed by atoms with Gasteiger partial charge in [-0.1, -0.05) is 13.8 Å². The highest BCUT2D eigenvalue weighted by molar-refractivity contribution is 7.88. The Morgan fingerprint density at radius 2 is 1.80 bits per heavy atom. The van der Waals surface area contributed by atoms with E-state index in [2.05, 4.69) is 10.0 Å². The van der Waals surface area contributed by atoms with Gasteiger partial charge in [0.2, 0.25) is 15.9 Å². The molecule has 0 aliphatic rings. The van der Waals surface area contributed by atoms with Gasteiger partial charge in [-0.15, -0.1) is 0 Å². The van der Waals surface area contributed by atoms with Gasteiger partial charge in [-0.2, -0.15) is 0 Å². The topological polar surface area (TPSA) is 75.3 Å². The fraction of sp³-hybridized carbons (Fsp3) is 0.889. The lowest BCUT2D eigenvalue weighted by atomic mass is 10.1. The number of hydrogen-bond acceptors (Lipinski definition) is 3. The van der Waals surface area contributed by atoms with E-state index in [-0.39, 0.29) is 17.9 Å². The summed E-state index contributed by atoms with van der Waals surface area (Å²) in [5.74, 6) is -0.0582. The van der Waals surface area contributed by atoms with Crippen molar-refractivity contribution in [2.24, 2.45) is 5.92 Å². The molecular weight excluding hydrogens is 216 g/mol. The molecule has 0 aromatic rings. The highest BCUT2D eigenvalue weighted by Crippen LogP contribution is 1.95. The van der Waals surface area contributed by atoms with Crippen molar-refractivity contribution in [2.75, 3.05) is 12.8 Å². The van der Waals surface area contributed by atoms with Gasteiger partial charge in [-0.05, 0) is 13.3 Å². The minimum atomic E-state index is -3.13. The number of sulfonamides is 1. The predicted octanol–water partition coefficient (Wildman–Crippen LogP) is 0.0864. The van der Waals surface area contributed by atoms with Crippen molar-refractivity contribution in [1.29, 1.82) is 0 Å². The summed E-state index contributed by atoms with van der Waals surface area (Å²) in [6, 6.07) is -0.0193. The maximum atomic E-state index is 11.3. The second-order valence-electron chi connectivity index (χ2n) is 4.02. The maximum absolute atomic E-state index is 11.3. The summed E-state index contributed by atoms with van der Waals surface area (Å²) >= 11 is 0. The summed E-state index contributed by atoms with van der Waals surface area (Å²) in [6.45, 7) is 5.83. The van der Waals surface area contributed by atoms with E-state index in [0.717, 1.165) is 6.26 Å². The Morgan fingerprint density at radius 1 is 1.27 bits per heavy atom. The smallest absolute Gasteiger partial charge is 0.222 e. The molecule has 0 fully saturated rings. The third kappa shape index (κ3) is 8.38. The van der Waals surface area contributed by atoms with E-state index in [1.165, 1.54) is 0 Å². The van der Waals surface area contributed by atoms with Crippen LogP contribution in [0.5, 0.6) is 0 Å². The van der Waals surface area contributed by atoms with Crippen LogP contribution in [-0.2, 0) is 14.8 Å². The molecular formula is C9H20N2O3S. The van der Waals surface area contributed by atoms with Gasteiger partial charge in [0.1, 0.15) is 0 Å². The first-order chi connectivity index (χ1) is 6.72. The molecule has 0 aromatic heterocycles. The van der Waals surface area contributed by atoms with Crippen molar-refractivity contribution in [1.82, 2.24) is 10.0 Å². The van der Waals surface area contributed by atoms with Crippen LogP contribution in [0.25, 0.3) is 0 Å². The quantitative estimate of drug-likeness (QED) is 0.686. The molecule has 1 atom stereocenters. The third-order valence-corrected chi connectivity index (χ3v) is 2.58. The van der Waals surface area contributed by atoms with Gasteiger partial charge in [0, 0.05) is 18.5 Å². The average molecular weight is 236 g/mol. The molecule has 0 bridgehead atoms. The lowest BCUT2D eigenvalue weighted by Gasteiger charge is -2.15. The van der Waals surface area contributed by atoms with Crippen LogP contribution in [0.4, 0.5) is 0 Å². The van der Waals surface area contributed by atoms with E-state index in [1.54, 1.807) is 0 Å². The first-order valence-electron chi connectivity index (χ1n) is 4.97. The first-order valence-corrected chi connectivity index (χ1v) is 6.86. The zero-order valence-electron chi connectivity index (χ0n) is 9.70. The molecule has 0 aromatic carbocycles. The zero-order chi connectivity index (χ0) is 12.1. The molecule has 6 heteroatoms. The second kappa shape index (κ2) is 6.07. The molecule has 0 aliphatic carbocycles. The molecule has 90 valence electrons. The van der Waals surface area contributed by atoms with E-state index in [1.807, 2.05) is 20.8 Å². The van der Waals surface area contributed by atoms with Crippen molar-refractivity contribution in [3.8, 4) is 0 Å². The fourth-order valence-electron chi connectivity index (χ4n) is 0.943. The molecule has 0 heterocycles. The number of nitrogens with one attached hydrogen (secondary N) is 2. The van der Waals surface area contributed by atoms with Crippen molar-refractivity contribution in [2.45, 2.75) is 33.2 Å². The molecule has 1 amide bonds. The molecule has 0 radical (unpaired) electrons. The average Bonchev–Trinajstić information content (AvgIpc) is 2.01. The highest BCUT2D eigenvalue weighted by Gasteiger charge is 2.10. The Morgan fingerprint density at radius 3 is 2.20 bits per heavy atom. The van der Waals surface area contributed by atoms with E-state index in [0.29, 0.717) is 13.0 Å². The maximum Gasteiger partial charge on any atom is 0.222 e. The van der Waals surface area contributed by atoms with Crippen LogP contribution in [0, 0.1) is 5.92 Å². The monoisotopic (exact) mass is 236 g/mol. The largest absolute Gasteiger partial charge is 0.353 e. The third-order valence-electron chi connectivity index (χ3n) is 1.85. The summed E-state index contributed by atoms with van der Waals surface area (Å²) in [7, 11) is -3.13. The SMILES string of the molecule is CC(C)C(=O)N[C@H](C)CCNS(C)(=O)=O. The van der Waals surface area contributed by atoms with Gasteiger partial charge >= 0.3 is 0 Å². The Balaban J connectivity index is 3.76. The number of carbonyl (C=O) groups excluding carboxylic acids is 1.